The number of morpholine rings is 1. The molecule has 1 aliphatic carbocycles. The number of rotatable bonds is 5. The standard InChI is InChI=1S/C26H29N3O5S/c1-16-21(26(33)28-11-13-34-14-12-28)23(35-22(16)17-7-3-2-4-8-17)27-20(30)15-29-24(31)18-9-5-6-10-19(18)25(29)32/h2-4,7-8,18-19H,5-6,9-15H2,1H3,(H,27,30)/t18-,19-/m0/s1. The number of nitrogens with one attached hydrogen (secondary N) is 1. The maximum atomic E-state index is 13.5. The van der Waals surface area contributed by atoms with E-state index in [2.05, 4.69) is 5.32 Å². The zero-order valence-electron chi connectivity index (χ0n) is 19.7. The zero-order valence-corrected chi connectivity index (χ0v) is 20.6. The first-order valence-corrected chi connectivity index (χ1v) is 13.0. The Balaban J connectivity index is 1.41. The van der Waals surface area contributed by atoms with E-state index in [0.29, 0.717) is 49.7 Å². The van der Waals surface area contributed by atoms with Crippen LogP contribution in [0.25, 0.3) is 10.4 Å². The number of hydrogen-bond acceptors (Lipinski definition) is 6. The van der Waals surface area contributed by atoms with Crippen molar-refractivity contribution in [2.45, 2.75) is 32.6 Å². The van der Waals surface area contributed by atoms with Crippen LogP contribution in [0.15, 0.2) is 30.3 Å². The summed E-state index contributed by atoms with van der Waals surface area (Å²) in [5.41, 5.74) is 2.21. The van der Waals surface area contributed by atoms with Crippen LogP contribution in [0.4, 0.5) is 5.00 Å². The van der Waals surface area contributed by atoms with Gasteiger partial charge in [-0.2, -0.15) is 0 Å². The first kappa shape index (κ1) is 23.7. The van der Waals surface area contributed by atoms with Crippen molar-refractivity contribution in [3.05, 3.63) is 41.5 Å². The van der Waals surface area contributed by atoms with Crippen LogP contribution in [0, 0.1) is 18.8 Å². The van der Waals surface area contributed by atoms with Crippen molar-refractivity contribution in [2.24, 2.45) is 11.8 Å². The molecule has 8 nitrogen and oxygen atoms in total. The average molecular weight is 496 g/mol. The highest BCUT2D eigenvalue weighted by Gasteiger charge is 2.48. The van der Waals surface area contributed by atoms with Gasteiger partial charge in [0.15, 0.2) is 0 Å². The minimum atomic E-state index is -0.470. The Morgan fingerprint density at radius 1 is 1.03 bits per heavy atom. The predicted molar refractivity (Wildman–Crippen MR) is 132 cm³/mol. The van der Waals surface area contributed by atoms with Gasteiger partial charge in [-0.05, 0) is 30.9 Å². The van der Waals surface area contributed by atoms with Gasteiger partial charge < -0.3 is 15.0 Å². The molecular weight excluding hydrogens is 466 g/mol. The second-order valence-electron chi connectivity index (χ2n) is 9.34. The van der Waals surface area contributed by atoms with E-state index in [9.17, 15) is 19.2 Å². The van der Waals surface area contributed by atoms with Crippen molar-refractivity contribution in [1.82, 2.24) is 9.80 Å². The molecule has 3 fully saturated rings. The SMILES string of the molecule is Cc1c(-c2ccccc2)sc(NC(=O)CN2C(=O)[C@H]3CCCC[C@@H]3C2=O)c1C(=O)N1CCOCC1. The number of nitrogens with zero attached hydrogens (tertiary/aromatic N) is 2. The fourth-order valence-corrected chi connectivity index (χ4v) is 6.57. The van der Waals surface area contributed by atoms with E-state index < -0.39 is 5.91 Å². The summed E-state index contributed by atoms with van der Waals surface area (Å²) in [6.45, 7) is 3.49. The molecule has 3 heterocycles. The molecule has 0 bridgehead atoms. The average Bonchev–Trinajstić information content (AvgIpc) is 3.33. The van der Waals surface area contributed by atoms with Crippen LogP contribution < -0.4 is 5.32 Å². The number of ether oxygens (including phenoxy) is 1. The number of likely N-dealkylation sites (tertiary alicyclic amines) is 1. The second-order valence-corrected chi connectivity index (χ2v) is 10.4. The molecule has 9 heteroatoms. The fourth-order valence-electron chi connectivity index (χ4n) is 5.35. The molecule has 0 radical (unpaired) electrons. The summed E-state index contributed by atoms with van der Waals surface area (Å²) in [5.74, 6) is -1.70. The molecule has 2 aromatic rings. The van der Waals surface area contributed by atoms with Gasteiger partial charge >= 0.3 is 0 Å². The smallest absolute Gasteiger partial charge is 0.257 e. The molecule has 4 amide bonds. The fraction of sp³-hybridized carbons (Fsp3) is 0.462. The van der Waals surface area contributed by atoms with Crippen molar-refractivity contribution >= 4 is 40.0 Å². The normalized spacial score (nSPS) is 22.3. The summed E-state index contributed by atoms with van der Waals surface area (Å²) in [6.07, 6.45) is 3.28. The number of anilines is 1. The third-order valence-corrected chi connectivity index (χ3v) is 8.44. The molecule has 2 atom stereocenters. The van der Waals surface area contributed by atoms with Crippen LogP contribution in [0.2, 0.25) is 0 Å². The maximum Gasteiger partial charge on any atom is 0.257 e. The number of imide groups is 1. The number of carbonyl (C=O) groups is 4. The quantitative estimate of drug-likeness (QED) is 0.642. The van der Waals surface area contributed by atoms with E-state index in [0.717, 1.165) is 33.7 Å². The van der Waals surface area contributed by atoms with E-state index in [1.165, 1.54) is 11.3 Å². The number of benzene rings is 1. The van der Waals surface area contributed by atoms with Crippen molar-refractivity contribution in [3.8, 4) is 10.4 Å². The number of thiophene rings is 1. The van der Waals surface area contributed by atoms with Crippen molar-refractivity contribution in [2.75, 3.05) is 38.2 Å². The molecule has 2 saturated heterocycles. The molecule has 1 aromatic carbocycles. The molecule has 1 N–H and O–H groups in total. The third kappa shape index (κ3) is 4.50. The summed E-state index contributed by atoms with van der Waals surface area (Å²) < 4.78 is 5.39. The lowest BCUT2D eigenvalue weighted by atomic mass is 9.81. The Bertz CT molecular complexity index is 1130. The Labute approximate surface area is 208 Å². The lowest BCUT2D eigenvalue weighted by molar-refractivity contribution is -0.142. The highest BCUT2D eigenvalue weighted by molar-refractivity contribution is 7.20. The highest BCUT2D eigenvalue weighted by Crippen LogP contribution is 2.41. The zero-order chi connectivity index (χ0) is 24.5. The van der Waals surface area contributed by atoms with Gasteiger partial charge in [0.05, 0.1) is 30.6 Å². The van der Waals surface area contributed by atoms with Crippen molar-refractivity contribution in [1.29, 1.82) is 0 Å². The lowest BCUT2D eigenvalue weighted by Gasteiger charge is -2.27. The third-order valence-electron chi connectivity index (χ3n) is 7.18. The highest BCUT2D eigenvalue weighted by atomic mass is 32.1. The Morgan fingerprint density at radius 2 is 1.66 bits per heavy atom. The second kappa shape index (κ2) is 9.91. The number of carbonyl (C=O) groups excluding carboxylic acids is 4. The molecule has 5 rings (SSSR count). The summed E-state index contributed by atoms with van der Waals surface area (Å²) >= 11 is 1.34. The van der Waals surface area contributed by atoms with Crippen LogP contribution in [-0.2, 0) is 19.1 Å². The number of hydrogen-bond donors (Lipinski definition) is 1. The molecule has 3 aliphatic rings. The van der Waals surface area contributed by atoms with Crippen molar-refractivity contribution in [3.63, 3.8) is 0 Å². The molecule has 184 valence electrons. The minimum Gasteiger partial charge on any atom is -0.378 e. The molecule has 35 heavy (non-hydrogen) atoms. The Kier molecular flexibility index (Phi) is 6.71. The van der Waals surface area contributed by atoms with Gasteiger partial charge in [0, 0.05) is 18.0 Å². The summed E-state index contributed by atoms with van der Waals surface area (Å²) in [5, 5.41) is 3.31. The van der Waals surface area contributed by atoms with E-state index in [4.69, 9.17) is 4.74 Å². The van der Waals surface area contributed by atoms with E-state index in [1.807, 2.05) is 37.3 Å². The number of amides is 4. The molecule has 0 spiro atoms. The van der Waals surface area contributed by atoms with Gasteiger partial charge in [-0.3, -0.25) is 24.1 Å². The van der Waals surface area contributed by atoms with Crippen LogP contribution >= 0.6 is 11.3 Å². The lowest BCUT2D eigenvalue weighted by Crippen LogP contribution is -2.41. The minimum absolute atomic E-state index is 0.154. The topological polar surface area (TPSA) is 96.0 Å². The predicted octanol–water partition coefficient (Wildman–Crippen LogP) is 3.31. The molecule has 0 unspecified atom stereocenters. The van der Waals surface area contributed by atoms with E-state index in [-0.39, 0.29) is 36.1 Å². The maximum absolute atomic E-state index is 13.5. The number of fused-ring (bicyclic) bond motifs is 1. The Morgan fingerprint density at radius 3 is 2.29 bits per heavy atom. The van der Waals surface area contributed by atoms with Gasteiger partial charge in [-0.15, -0.1) is 11.3 Å². The van der Waals surface area contributed by atoms with E-state index >= 15 is 0 Å². The first-order valence-electron chi connectivity index (χ1n) is 12.2. The van der Waals surface area contributed by atoms with Gasteiger partial charge in [0.2, 0.25) is 17.7 Å². The monoisotopic (exact) mass is 495 g/mol. The van der Waals surface area contributed by atoms with Gasteiger partial charge in [-0.1, -0.05) is 43.2 Å². The van der Waals surface area contributed by atoms with Crippen LogP contribution in [0.1, 0.15) is 41.6 Å². The summed E-state index contributed by atoms with van der Waals surface area (Å²) in [6, 6.07) is 9.73. The molecule has 1 saturated carbocycles. The summed E-state index contributed by atoms with van der Waals surface area (Å²) in [7, 11) is 0. The summed E-state index contributed by atoms with van der Waals surface area (Å²) in [4.78, 5) is 56.0. The molecule has 1 aromatic heterocycles. The molecule has 2 aliphatic heterocycles. The van der Waals surface area contributed by atoms with E-state index in [1.54, 1.807) is 4.90 Å². The van der Waals surface area contributed by atoms with Crippen LogP contribution in [-0.4, -0.2) is 66.3 Å². The van der Waals surface area contributed by atoms with Gasteiger partial charge in [0.25, 0.3) is 5.91 Å². The Hall–Kier alpha value is -3.04. The largest absolute Gasteiger partial charge is 0.378 e. The first-order chi connectivity index (χ1) is 17.0. The van der Waals surface area contributed by atoms with Crippen LogP contribution in [0.5, 0.6) is 0 Å². The van der Waals surface area contributed by atoms with Gasteiger partial charge in [-0.25, -0.2) is 0 Å². The molecular formula is C26H29N3O5S. The van der Waals surface area contributed by atoms with Crippen LogP contribution in [0.3, 0.4) is 0 Å². The van der Waals surface area contributed by atoms with Gasteiger partial charge in [0.1, 0.15) is 11.5 Å². The van der Waals surface area contributed by atoms with Crippen molar-refractivity contribution < 1.29 is 23.9 Å².